The van der Waals surface area contributed by atoms with Gasteiger partial charge in [-0.3, -0.25) is 9.29 Å². The molecule has 0 saturated heterocycles. The van der Waals surface area contributed by atoms with Gasteiger partial charge >= 0.3 is 0 Å². The third kappa shape index (κ3) is 4.32. The maximum absolute atomic E-state index is 4.97. The molecule has 0 aliphatic heterocycles. The Morgan fingerprint density at radius 1 is 0.613 bits per heavy atom. The van der Waals surface area contributed by atoms with Gasteiger partial charge in [0, 0.05) is 5.39 Å². The molecule has 0 spiro atoms. The average molecular weight is 419 g/mol. The maximum Gasteiger partial charge on any atom is 0.0711 e. The minimum absolute atomic E-state index is 0.772. The van der Waals surface area contributed by atoms with Crippen LogP contribution in [-0.4, -0.2) is 4.98 Å². The van der Waals surface area contributed by atoms with Crippen LogP contribution in [-0.2, 0) is 5.75 Å². The lowest BCUT2D eigenvalue weighted by Gasteiger charge is -2.23. The summed E-state index contributed by atoms with van der Waals surface area (Å²) in [5.74, 6) is 0.772. The number of benzene rings is 4. The first-order chi connectivity index (χ1) is 15.4. The fraction of sp³-hybridized carbons (Fsp3) is 0.0357. The molecule has 1 aromatic heterocycles. The number of fused-ring (bicyclic) bond motifs is 1. The molecule has 5 aromatic rings. The Morgan fingerprint density at radius 3 is 1.81 bits per heavy atom. The molecule has 0 saturated carbocycles. The normalized spacial score (nSPS) is 10.8. The summed E-state index contributed by atoms with van der Waals surface area (Å²) < 4.78 is 2.28. The molecule has 1 heterocycles. The van der Waals surface area contributed by atoms with Crippen molar-refractivity contribution in [3.05, 3.63) is 127 Å². The predicted molar refractivity (Wildman–Crippen MR) is 133 cm³/mol. The van der Waals surface area contributed by atoms with E-state index in [1.165, 1.54) is 16.5 Å². The zero-order chi connectivity index (χ0) is 20.9. The second-order valence-electron chi connectivity index (χ2n) is 7.28. The Balaban J connectivity index is 1.51. The minimum Gasteiger partial charge on any atom is -0.284 e. The van der Waals surface area contributed by atoms with Crippen molar-refractivity contribution in [1.29, 1.82) is 0 Å². The molecule has 0 aliphatic rings. The lowest BCUT2D eigenvalue weighted by Crippen LogP contribution is -2.07. The van der Waals surface area contributed by atoms with Crippen LogP contribution >= 0.6 is 11.9 Å². The number of hydrogen-bond acceptors (Lipinski definition) is 3. The number of aromatic nitrogens is 1. The van der Waals surface area contributed by atoms with Gasteiger partial charge in [-0.05, 0) is 59.5 Å². The van der Waals surface area contributed by atoms with Gasteiger partial charge in [-0.2, -0.15) is 0 Å². The molecule has 0 N–H and O–H groups in total. The fourth-order valence-electron chi connectivity index (χ4n) is 3.72. The molecule has 2 nitrogen and oxygen atoms in total. The van der Waals surface area contributed by atoms with Gasteiger partial charge in [0.1, 0.15) is 0 Å². The molecule has 0 fully saturated rings. The molecule has 0 aliphatic carbocycles. The Kier molecular flexibility index (Phi) is 5.68. The van der Waals surface area contributed by atoms with E-state index in [0.717, 1.165) is 28.3 Å². The molecule has 0 atom stereocenters. The van der Waals surface area contributed by atoms with Crippen LogP contribution in [0.1, 0.15) is 5.69 Å². The van der Waals surface area contributed by atoms with Crippen LogP contribution in [0.4, 0.5) is 11.4 Å². The van der Waals surface area contributed by atoms with Gasteiger partial charge in [0.15, 0.2) is 0 Å². The topological polar surface area (TPSA) is 16.1 Å². The Labute approximate surface area is 187 Å². The van der Waals surface area contributed by atoms with Gasteiger partial charge in [-0.25, -0.2) is 0 Å². The molecular weight excluding hydrogens is 396 g/mol. The van der Waals surface area contributed by atoms with Crippen LogP contribution in [0.3, 0.4) is 0 Å². The molecule has 5 rings (SSSR count). The summed E-state index contributed by atoms with van der Waals surface area (Å²) in [5, 5.41) is 1.19. The van der Waals surface area contributed by atoms with Crippen LogP contribution in [0, 0.1) is 0 Å². The van der Waals surface area contributed by atoms with E-state index in [9.17, 15) is 0 Å². The first kappa shape index (κ1) is 19.4. The van der Waals surface area contributed by atoms with Gasteiger partial charge in [0.05, 0.1) is 28.3 Å². The van der Waals surface area contributed by atoms with Gasteiger partial charge in [0.25, 0.3) is 0 Å². The second kappa shape index (κ2) is 9.07. The van der Waals surface area contributed by atoms with Gasteiger partial charge in [-0.15, -0.1) is 0 Å². The molecule has 0 amide bonds. The molecule has 150 valence electrons. The van der Waals surface area contributed by atoms with E-state index in [4.69, 9.17) is 4.98 Å². The van der Waals surface area contributed by atoms with E-state index < -0.39 is 0 Å². The highest BCUT2D eigenvalue weighted by atomic mass is 32.2. The maximum atomic E-state index is 4.97. The van der Waals surface area contributed by atoms with E-state index in [-0.39, 0.29) is 0 Å². The fourth-order valence-corrected chi connectivity index (χ4v) is 4.67. The van der Waals surface area contributed by atoms with Crippen molar-refractivity contribution in [2.75, 3.05) is 4.31 Å². The lowest BCUT2D eigenvalue weighted by molar-refractivity contribution is 1.22. The first-order valence-corrected chi connectivity index (χ1v) is 11.3. The number of rotatable bonds is 6. The predicted octanol–water partition coefficient (Wildman–Crippen LogP) is 7.89. The van der Waals surface area contributed by atoms with E-state index in [1.807, 2.05) is 12.1 Å². The third-order valence-electron chi connectivity index (χ3n) is 5.18. The van der Waals surface area contributed by atoms with Crippen molar-refractivity contribution >= 4 is 34.2 Å². The monoisotopic (exact) mass is 418 g/mol. The van der Waals surface area contributed by atoms with Gasteiger partial charge < -0.3 is 0 Å². The molecular formula is C28H22N2S. The number of para-hydroxylation sites is 3. The minimum atomic E-state index is 0.772. The van der Waals surface area contributed by atoms with Crippen molar-refractivity contribution in [3.63, 3.8) is 0 Å². The number of anilines is 2. The summed E-state index contributed by atoms with van der Waals surface area (Å²) >= 11 is 1.76. The molecule has 4 aromatic carbocycles. The zero-order valence-corrected chi connectivity index (χ0v) is 17.9. The van der Waals surface area contributed by atoms with Crippen molar-refractivity contribution < 1.29 is 0 Å². The number of nitrogens with zero attached hydrogens (tertiary/aromatic N) is 2. The summed E-state index contributed by atoms with van der Waals surface area (Å²) in [6.45, 7) is 0. The molecule has 0 bridgehead atoms. The smallest absolute Gasteiger partial charge is 0.0711 e. The highest BCUT2D eigenvalue weighted by molar-refractivity contribution is 8.00. The quantitative estimate of drug-likeness (QED) is 0.261. The standard InChI is InChI=1S/C28H22N2S/c1-4-12-22(13-5-1)27-20-23(29-28-19-11-10-18-26(27)28)21-31-30(24-14-6-2-7-15-24)25-16-8-3-9-17-25/h1-20H,21H2. The summed E-state index contributed by atoms with van der Waals surface area (Å²) in [4.78, 5) is 4.97. The molecule has 0 radical (unpaired) electrons. The van der Waals surface area contributed by atoms with Crippen molar-refractivity contribution in [2.24, 2.45) is 0 Å². The van der Waals surface area contributed by atoms with Gasteiger partial charge in [-0.1, -0.05) is 84.9 Å². The first-order valence-electron chi connectivity index (χ1n) is 10.4. The van der Waals surface area contributed by atoms with E-state index in [2.05, 4.69) is 113 Å². The highest BCUT2D eigenvalue weighted by Crippen LogP contribution is 2.35. The summed E-state index contributed by atoms with van der Waals surface area (Å²) in [5.41, 5.74) is 6.86. The van der Waals surface area contributed by atoms with Crippen LogP contribution in [0.5, 0.6) is 0 Å². The molecule has 0 unspecified atom stereocenters. The molecule has 31 heavy (non-hydrogen) atoms. The highest BCUT2D eigenvalue weighted by Gasteiger charge is 2.13. The Hall–Kier alpha value is -3.56. The van der Waals surface area contributed by atoms with Crippen LogP contribution in [0.15, 0.2) is 121 Å². The van der Waals surface area contributed by atoms with Crippen LogP contribution in [0.25, 0.3) is 22.0 Å². The summed E-state index contributed by atoms with van der Waals surface area (Å²) in [6.07, 6.45) is 0. The lowest BCUT2D eigenvalue weighted by atomic mass is 10.0. The van der Waals surface area contributed by atoms with E-state index >= 15 is 0 Å². The SMILES string of the molecule is c1ccc(-c2cc(CSN(c3ccccc3)c3ccccc3)nc3ccccc23)cc1. The molecule has 3 heteroatoms. The zero-order valence-electron chi connectivity index (χ0n) is 17.1. The Bertz CT molecular complexity index is 1230. The Morgan fingerprint density at radius 2 is 1.16 bits per heavy atom. The van der Waals surface area contributed by atoms with Crippen LogP contribution in [0.2, 0.25) is 0 Å². The third-order valence-corrected chi connectivity index (χ3v) is 6.28. The largest absolute Gasteiger partial charge is 0.284 e. The number of hydrogen-bond donors (Lipinski definition) is 0. The average Bonchev–Trinajstić information content (AvgIpc) is 2.85. The van der Waals surface area contributed by atoms with E-state index in [0.29, 0.717) is 0 Å². The van der Waals surface area contributed by atoms with Crippen molar-refractivity contribution in [2.45, 2.75) is 5.75 Å². The van der Waals surface area contributed by atoms with Crippen molar-refractivity contribution in [1.82, 2.24) is 4.98 Å². The summed E-state index contributed by atoms with van der Waals surface area (Å²) in [7, 11) is 0. The number of pyridine rings is 1. The van der Waals surface area contributed by atoms with Gasteiger partial charge in [0.2, 0.25) is 0 Å². The van der Waals surface area contributed by atoms with Crippen LogP contribution < -0.4 is 4.31 Å². The van der Waals surface area contributed by atoms with Crippen molar-refractivity contribution in [3.8, 4) is 11.1 Å². The summed E-state index contributed by atoms with van der Waals surface area (Å²) in [6, 6.07) is 42.2. The second-order valence-corrected chi connectivity index (χ2v) is 8.20. The van der Waals surface area contributed by atoms with E-state index in [1.54, 1.807) is 11.9 Å².